The fraction of sp³-hybridized carbons (Fsp3) is 0.438. The Kier molecular flexibility index (Phi) is 3.74. The first kappa shape index (κ1) is 13.2. The predicted molar refractivity (Wildman–Crippen MR) is 74.9 cm³/mol. The molecule has 4 atom stereocenters. The summed E-state index contributed by atoms with van der Waals surface area (Å²) in [6.45, 7) is 0.249. The molecule has 4 rings (SSSR count). The molecule has 20 heavy (non-hydrogen) atoms. The van der Waals surface area contributed by atoms with Crippen LogP contribution in [-0.4, -0.2) is 23.3 Å². The van der Waals surface area contributed by atoms with E-state index in [1.165, 1.54) is 0 Å². The van der Waals surface area contributed by atoms with Gasteiger partial charge in [-0.3, -0.25) is 0 Å². The highest BCUT2D eigenvalue weighted by Gasteiger charge is 2.40. The van der Waals surface area contributed by atoms with Crippen LogP contribution < -0.4 is 5.32 Å². The van der Waals surface area contributed by atoms with Crippen LogP contribution in [0.2, 0.25) is 0 Å². The van der Waals surface area contributed by atoms with Gasteiger partial charge in [-0.1, -0.05) is 42.5 Å². The van der Waals surface area contributed by atoms with Crippen LogP contribution in [0, 0.1) is 11.8 Å². The first-order valence-electron chi connectivity index (χ1n) is 7.07. The molecule has 2 bridgehead atoms. The Hall–Kier alpha value is -1.81. The van der Waals surface area contributed by atoms with E-state index in [2.05, 4.69) is 17.5 Å². The van der Waals surface area contributed by atoms with E-state index in [1.54, 1.807) is 0 Å². The average Bonchev–Trinajstić information content (AvgIpc) is 2.50. The minimum Gasteiger partial charge on any atom is -0.445 e. The molecule has 0 saturated heterocycles. The minimum absolute atomic E-state index is 0.166. The van der Waals surface area contributed by atoms with E-state index < -0.39 is 12.2 Å². The number of carbonyl (C=O) groups excluding carboxylic acids is 1. The Balaban J connectivity index is 1.53. The maximum atomic E-state index is 11.8. The molecule has 3 aliphatic carbocycles. The number of benzene rings is 1. The highest BCUT2D eigenvalue weighted by atomic mass is 16.5. The van der Waals surface area contributed by atoms with Gasteiger partial charge in [0, 0.05) is 5.92 Å². The minimum atomic E-state index is -0.497. The summed E-state index contributed by atoms with van der Waals surface area (Å²) in [4.78, 5) is 11.8. The van der Waals surface area contributed by atoms with E-state index in [9.17, 15) is 9.90 Å². The topological polar surface area (TPSA) is 58.6 Å². The van der Waals surface area contributed by atoms with Crippen molar-refractivity contribution in [1.82, 2.24) is 5.32 Å². The summed E-state index contributed by atoms with van der Waals surface area (Å²) in [5.74, 6) is 0.388. The maximum absolute atomic E-state index is 11.8. The molecule has 0 radical (unpaired) electrons. The van der Waals surface area contributed by atoms with Gasteiger partial charge in [0.05, 0.1) is 12.1 Å². The van der Waals surface area contributed by atoms with Gasteiger partial charge in [0.2, 0.25) is 0 Å². The number of amides is 1. The van der Waals surface area contributed by atoms with Gasteiger partial charge in [-0.2, -0.15) is 0 Å². The molecule has 3 aliphatic rings. The van der Waals surface area contributed by atoms with Crippen LogP contribution in [0.3, 0.4) is 0 Å². The maximum Gasteiger partial charge on any atom is 0.407 e. The molecule has 2 N–H and O–H groups in total. The number of hydrogen-bond acceptors (Lipinski definition) is 3. The predicted octanol–water partition coefficient (Wildman–Crippen LogP) is 2.24. The molecule has 1 saturated carbocycles. The Bertz CT molecular complexity index is 500. The lowest BCUT2D eigenvalue weighted by atomic mass is 9.71. The number of nitrogens with one attached hydrogen (secondary N) is 1. The second kappa shape index (κ2) is 5.67. The van der Waals surface area contributed by atoms with Crippen LogP contribution in [0.25, 0.3) is 0 Å². The monoisotopic (exact) mass is 273 g/mol. The third-order valence-corrected chi connectivity index (χ3v) is 4.20. The quantitative estimate of drug-likeness (QED) is 0.830. The molecule has 106 valence electrons. The molecule has 0 spiro atoms. The van der Waals surface area contributed by atoms with Crippen molar-refractivity contribution in [2.24, 2.45) is 11.8 Å². The van der Waals surface area contributed by atoms with Crippen LogP contribution in [0.5, 0.6) is 0 Å². The van der Waals surface area contributed by atoms with E-state index in [-0.39, 0.29) is 24.5 Å². The molecule has 0 unspecified atom stereocenters. The molecule has 0 heterocycles. The Morgan fingerprint density at radius 3 is 2.55 bits per heavy atom. The average molecular weight is 273 g/mol. The highest BCUT2D eigenvalue weighted by Crippen LogP contribution is 2.36. The number of alkyl carbamates (subject to hydrolysis) is 1. The Morgan fingerprint density at radius 1 is 1.20 bits per heavy atom. The smallest absolute Gasteiger partial charge is 0.407 e. The summed E-state index contributed by atoms with van der Waals surface area (Å²) in [5.41, 5.74) is 0.952. The van der Waals surface area contributed by atoms with E-state index in [1.807, 2.05) is 30.3 Å². The number of aliphatic hydroxyl groups excluding tert-OH is 1. The van der Waals surface area contributed by atoms with Crippen molar-refractivity contribution in [3.63, 3.8) is 0 Å². The van der Waals surface area contributed by atoms with Crippen molar-refractivity contribution in [3.8, 4) is 0 Å². The summed E-state index contributed by atoms with van der Waals surface area (Å²) in [7, 11) is 0. The largest absolute Gasteiger partial charge is 0.445 e. The second-order valence-corrected chi connectivity index (χ2v) is 5.51. The van der Waals surface area contributed by atoms with Crippen molar-refractivity contribution in [2.45, 2.75) is 31.6 Å². The lowest BCUT2D eigenvalue weighted by Crippen LogP contribution is -2.54. The molecule has 1 aromatic carbocycles. The number of rotatable bonds is 3. The Labute approximate surface area is 118 Å². The molecule has 0 aromatic heterocycles. The number of aliphatic hydroxyl groups is 1. The van der Waals surface area contributed by atoms with Gasteiger partial charge in [-0.15, -0.1) is 0 Å². The summed E-state index contributed by atoms with van der Waals surface area (Å²) < 4.78 is 5.20. The van der Waals surface area contributed by atoms with Gasteiger partial charge in [0.15, 0.2) is 0 Å². The normalized spacial score (nSPS) is 31.1. The lowest BCUT2D eigenvalue weighted by molar-refractivity contribution is 0.0255. The highest BCUT2D eigenvalue weighted by molar-refractivity contribution is 5.68. The van der Waals surface area contributed by atoms with Gasteiger partial charge < -0.3 is 15.2 Å². The van der Waals surface area contributed by atoms with Crippen molar-refractivity contribution >= 4 is 6.09 Å². The van der Waals surface area contributed by atoms with Crippen molar-refractivity contribution in [3.05, 3.63) is 48.0 Å². The van der Waals surface area contributed by atoms with Crippen molar-refractivity contribution < 1.29 is 14.6 Å². The summed E-state index contributed by atoms with van der Waals surface area (Å²) in [6, 6.07) is 9.34. The zero-order chi connectivity index (χ0) is 13.9. The first-order chi connectivity index (χ1) is 9.74. The Morgan fingerprint density at radius 2 is 1.90 bits per heavy atom. The van der Waals surface area contributed by atoms with E-state index in [4.69, 9.17) is 4.74 Å². The number of fused-ring (bicyclic) bond motifs is 2. The fourth-order valence-corrected chi connectivity index (χ4v) is 3.06. The van der Waals surface area contributed by atoms with Crippen molar-refractivity contribution in [1.29, 1.82) is 0 Å². The molecule has 0 aliphatic heterocycles. The molecule has 1 fully saturated rings. The van der Waals surface area contributed by atoms with Gasteiger partial charge >= 0.3 is 6.09 Å². The first-order valence-corrected chi connectivity index (χ1v) is 7.07. The second-order valence-electron chi connectivity index (χ2n) is 5.51. The summed E-state index contributed by atoms with van der Waals surface area (Å²) >= 11 is 0. The molecule has 1 aromatic rings. The van der Waals surface area contributed by atoms with Gasteiger partial charge in [-0.05, 0) is 24.3 Å². The molecule has 1 amide bonds. The molecular formula is C16H19NO3. The number of ether oxygens (including phenoxy) is 1. The van der Waals surface area contributed by atoms with E-state index in [0.717, 1.165) is 18.4 Å². The molecule has 4 heteroatoms. The molecular weight excluding hydrogens is 254 g/mol. The van der Waals surface area contributed by atoms with E-state index in [0.29, 0.717) is 0 Å². The summed E-state index contributed by atoms with van der Waals surface area (Å²) in [6.07, 6.45) is 5.22. The standard InChI is InChI=1S/C16H19NO3/c18-15-13-8-6-12(7-9-13)14(15)17-16(19)20-10-11-4-2-1-3-5-11/h1-6,8,12-15,18H,7,9-10H2,(H,17,19)/t12-,13+,14-,15-/m0/s1. The van der Waals surface area contributed by atoms with Crippen LogP contribution in [-0.2, 0) is 11.3 Å². The third-order valence-electron chi connectivity index (χ3n) is 4.20. The fourth-order valence-electron chi connectivity index (χ4n) is 3.06. The lowest BCUT2D eigenvalue weighted by Gasteiger charge is -2.42. The van der Waals surface area contributed by atoms with Gasteiger partial charge in [0.1, 0.15) is 6.61 Å². The zero-order valence-corrected chi connectivity index (χ0v) is 11.2. The zero-order valence-electron chi connectivity index (χ0n) is 11.2. The molecule has 4 nitrogen and oxygen atoms in total. The van der Waals surface area contributed by atoms with Crippen LogP contribution in [0.4, 0.5) is 4.79 Å². The van der Waals surface area contributed by atoms with E-state index >= 15 is 0 Å². The van der Waals surface area contributed by atoms with Crippen molar-refractivity contribution in [2.75, 3.05) is 0 Å². The number of hydrogen-bond donors (Lipinski definition) is 2. The third kappa shape index (κ3) is 2.70. The summed E-state index contributed by atoms with van der Waals surface area (Å²) in [5, 5.41) is 13.0. The van der Waals surface area contributed by atoms with Crippen LogP contribution in [0.15, 0.2) is 42.5 Å². The SMILES string of the molecule is O=C(N[C@@H]1[C@@H](O)[C@@H]2C=C[C@H]1CC2)OCc1ccccc1. The number of carbonyl (C=O) groups is 1. The van der Waals surface area contributed by atoms with Crippen LogP contribution in [0.1, 0.15) is 18.4 Å². The van der Waals surface area contributed by atoms with Gasteiger partial charge in [0.25, 0.3) is 0 Å². The van der Waals surface area contributed by atoms with Crippen LogP contribution >= 0.6 is 0 Å². The van der Waals surface area contributed by atoms with Gasteiger partial charge in [-0.25, -0.2) is 4.79 Å².